The second kappa shape index (κ2) is 6.23. The molecule has 0 spiro atoms. The number of nitrogen functional groups attached to an aromatic ring is 2. The van der Waals surface area contributed by atoms with Gasteiger partial charge in [0.15, 0.2) is 5.82 Å². The molecule has 0 aliphatic heterocycles. The number of nitrogens with one attached hydrogen (secondary N) is 2. The molecule has 3 aromatic rings. The first-order valence-electron chi connectivity index (χ1n) is 7.58. The molecular weight excluding hydrogens is 311 g/mol. The van der Waals surface area contributed by atoms with Gasteiger partial charge in [0, 0.05) is 31.7 Å². The maximum atomic E-state index is 14.6. The van der Waals surface area contributed by atoms with Gasteiger partial charge in [0.05, 0.1) is 34.3 Å². The Morgan fingerprint density at radius 1 is 1.42 bits per heavy atom. The van der Waals surface area contributed by atoms with Crippen molar-refractivity contribution < 1.29 is 4.39 Å². The highest BCUT2D eigenvalue weighted by atomic mass is 19.1. The van der Waals surface area contributed by atoms with Crippen LogP contribution in [0.4, 0.5) is 21.5 Å². The Morgan fingerprint density at radius 2 is 2.21 bits per heavy atom. The second-order valence-corrected chi connectivity index (χ2v) is 5.63. The lowest BCUT2D eigenvalue weighted by atomic mass is 10.0. The molecule has 0 unspecified atom stereocenters. The fraction of sp³-hybridized carbons (Fsp3) is 0.250. The number of H-pyrrole nitrogens is 1. The van der Waals surface area contributed by atoms with Crippen LogP contribution in [0.2, 0.25) is 0 Å². The predicted molar refractivity (Wildman–Crippen MR) is 93.4 cm³/mol. The molecule has 0 fully saturated rings. The fourth-order valence-electron chi connectivity index (χ4n) is 2.74. The summed E-state index contributed by atoms with van der Waals surface area (Å²) in [5.74, 6) is -0.626. The molecule has 8 heteroatoms. The van der Waals surface area contributed by atoms with E-state index in [-0.39, 0.29) is 16.8 Å². The molecule has 0 aliphatic rings. The van der Waals surface area contributed by atoms with E-state index in [1.807, 2.05) is 10.8 Å². The van der Waals surface area contributed by atoms with Crippen molar-refractivity contribution in [3.05, 3.63) is 46.5 Å². The van der Waals surface area contributed by atoms with Crippen LogP contribution in [0.15, 0.2) is 29.7 Å². The minimum absolute atomic E-state index is 0.00837. The SMILES string of the molecule is Cc1c(NCCCn2ccnc2)c(F)c(N)c2c(=O)c(N)c[nH]c12. The van der Waals surface area contributed by atoms with Gasteiger partial charge >= 0.3 is 0 Å². The second-order valence-electron chi connectivity index (χ2n) is 5.63. The number of hydrogen-bond donors (Lipinski definition) is 4. The maximum absolute atomic E-state index is 14.6. The van der Waals surface area contributed by atoms with Crippen LogP contribution in [0.25, 0.3) is 10.9 Å². The summed E-state index contributed by atoms with van der Waals surface area (Å²) in [5.41, 5.74) is 12.2. The molecule has 7 nitrogen and oxygen atoms in total. The maximum Gasteiger partial charge on any atom is 0.214 e. The Labute approximate surface area is 137 Å². The van der Waals surface area contributed by atoms with Crippen LogP contribution in [0.3, 0.4) is 0 Å². The Bertz CT molecular complexity index is 932. The van der Waals surface area contributed by atoms with E-state index in [1.165, 1.54) is 6.20 Å². The fourth-order valence-corrected chi connectivity index (χ4v) is 2.74. The number of anilines is 3. The van der Waals surface area contributed by atoms with Crippen molar-refractivity contribution in [1.29, 1.82) is 0 Å². The Hall–Kier alpha value is -3.03. The minimum atomic E-state index is -0.626. The van der Waals surface area contributed by atoms with Crippen molar-refractivity contribution in [2.75, 3.05) is 23.3 Å². The number of halogens is 1. The molecule has 0 saturated heterocycles. The molecule has 0 aliphatic carbocycles. The monoisotopic (exact) mass is 330 g/mol. The summed E-state index contributed by atoms with van der Waals surface area (Å²) in [4.78, 5) is 19.0. The number of imidazole rings is 1. The van der Waals surface area contributed by atoms with Crippen LogP contribution in [0.5, 0.6) is 0 Å². The van der Waals surface area contributed by atoms with Crippen LogP contribution in [0, 0.1) is 12.7 Å². The summed E-state index contributed by atoms with van der Waals surface area (Å²) < 4.78 is 16.6. The topological polar surface area (TPSA) is 115 Å². The van der Waals surface area contributed by atoms with Gasteiger partial charge in [0.25, 0.3) is 0 Å². The molecule has 3 rings (SSSR count). The molecule has 6 N–H and O–H groups in total. The molecule has 2 heterocycles. The van der Waals surface area contributed by atoms with Gasteiger partial charge in [-0.25, -0.2) is 9.37 Å². The number of hydrogen-bond acceptors (Lipinski definition) is 5. The summed E-state index contributed by atoms with van der Waals surface area (Å²) in [7, 11) is 0. The lowest BCUT2D eigenvalue weighted by molar-refractivity contribution is 0.629. The zero-order valence-electron chi connectivity index (χ0n) is 13.3. The molecule has 0 radical (unpaired) electrons. The first-order chi connectivity index (χ1) is 11.5. The van der Waals surface area contributed by atoms with E-state index in [0.717, 1.165) is 13.0 Å². The Morgan fingerprint density at radius 3 is 2.92 bits per heavy atom. The van der Waals surface area contributed by atoms with E-state index in [9.17, 15) is 9.18 Å². The lowest BCUT2D eigenvalue weighted by Gasteiger charge is -2.15. The van der Waals surface area contributed by atoms with E-state index >= 15 is 0 Å². The van der Waals surface area contributed by atoms with Gasteiger partial charge in [0.2, 0.25) is 5.43 Å². The summed E-state index contributed by atoms with van der Waals surface area (Å²) in [6.45, 7) is 3.05. The van der Waals surface area contributed by atoms with Gasteiger partial charge < -0.3 is 26.3 Å². The van der Waals surface area contributed by atoms with E-state index in [2.05, 4.69) is 15.3 Å². The molecule has 24 heavy (non-hydrogen) atoms. The molecule has 0 amide bonds. The highest BCUT2D eigenvalue weighted by Crippen LogP contribution is 2.32. The van der Waals surface area contributed by atoms with Crippen LogP contribution in [-0.2, 0) is 6.54 Å². The van der Waals surface area contributed by atoms with Gasteiger partial charge in [-0.3, -0.25) is 4.79 Å². The summed E-state index contributed by atoms with van der Waals surface area (Å²) in [6.07, 6.45) is 7.50. The van der Waals surface area contributed by atoms with Crippen LogP contribution in [-0.4, -0.2) is 21.1 Å². The Kier molecular flexibility index (Phi) is 4.11. The smallest absolute Gasteiger partial charge is 0.214 e. The van der Waals surface area contributed by atoms with Crippen LogP contribution >= 0.6 is 0 Å². The van der Waals surface area contributed by atoms with E-state index in [1.54, 1.807) is 19.4 Å². The lowest BCUT2D eigenvalue weighted by Crippen LogP contribution is -2.15. The van der Waals surface area contributed by atoms with E-state index < -0.39 is 11.2 Å². The van der Waals surface area contributed by atoms with Gasteiger partial charge in [-0.1, -0.05) is 0 Å². The Balaban J connectivity index is 1.88. The number of nitrogens with zero attached hydrogens (tertiary/aromatic N) is 2. The number of aromatic nitrogens is 3. The number of nitrogens with two attached hydrogens (primary N) is 2. The molecular formula is C16H19FN6O. The standard InChI is InChI=1S/C16H19FN6O/c1-9-14-11(16(24)10(18)7-22-14)13(19)12(17)15(9)21-3-2-5-23-6-4-20-8-23/h4,6-8,21H,2-3,5,18-19H2,1H3,(H,22,24). The van der Waals surface area contributed by atoms with E-state index in [4.69, 9.17) is 11.5 Å². The number of rotatable bonds is 5. The van der Waals surface area contributed by atoms with Crippen molar-refractivity contribution in [1.82, 2.24) is 14.5 Å². The molecule has 0 bridgehead atoms. The number of pyridine rings is 1. The van der Waals surface area contributed by atoms with Crippen molar-refractivity contribution in [3.8, 4) is 0 Å². The predicted octanol–water partition coefficient (Wildman–Crippen LogP) is 1.84. The number of benzene rings is 1. The highest BCUT2D eigenvalue weighted by Gasteiger charge is 2.18. The van der Waals surface area contributed by atoms with Crippen LogP contribution in [0.1, 0.15) is 12.0 Å². The number of aryl methyl sites for hydroxylation is 2. The average molecular weight is 330 g/mol. The van der Waals surface area contributed by atoms with E-state index in [0.29, 0.717) is 23.3 Å². The first kappa shape index (κ1) is 15.9. The zero-order valence-corrected chi connectivity index (χ0v) is 13.3. The van der Waals surface area contributed by atoms with Gasteiger partial charge in [-0.15, -0.1) is 0 Å². The third-order valence-electron chi connectivity index (χ3n) is 4.04. The quantitative estimate of drug-likeness (QED) is 0.421. The normalized spacial score (nSPS) is 11.1. The highest BCUT2D eigenvalue weighted by molar-refractivity contribution is 5.98. The third-order valence-corrected chi connectivity index (χ3v) is 4.04. The molecule has 0 saturated carbocycles. The van der Waals surface area contributed by atoms with Crippen molar-refractivity contribution >= 4 is 28.0 Å². The largest absolute Gasteiger partial charge is 0.396 e. The zero-order chi connectivity index (χ0) is 17.3. The van der Waals surface area contributed by atoms with Crippen molar-refractivity contribution in [2.24, 2.45) is 0 Å². The summed E-state index contributed by atoms with van der Waals surface area (Å²) in [6, 6.07) is 0. The third kappa shape index (κ3) is 2.66. The molecule has 1 aromatic carbocycles. The number of aromatic amines is 1. The van der Waals surface area contributed by atoms with Gasteiger partial charge in [0.1, 0.15) is 0 Å². The van der Waals surface area contributed by atoms with Gasteiger partial charge in [-0.05, 0) is 18.9 Å². The molecule has 126 valence electrons. The van der Waals surface area contributed by atoms with Crippen molar-refractivity contribution in [3.63, 3.8) is 0 Å². The summed E-state index contributed by atoms with van der Waals surface area (Å²) in [5, 5.41) is 3.16. The first-order valence-corrected chi connectivity index (χ1v) is 7.58. The van der Waals surface area contributed by atoms with Gasteiger partial charge in [-0.2, -0.15) is 0 Å². The average Bonchev–Trinajstić information content (AvgIpc) is 3.08. The summed E-state index contributed by atoms with van der Waals surface area (Å²) >= 11 is 0. The number of fused-ring (bicyclic) bond motifs is 1. The minimum Gasteiger partial charge on any atom is -0.396 e. The van der Waals surface area contributed by atoms with Crippen LogP contribution < -0.4 is 22.2 Å². The molecule has 2 aromatic heterocycles. The van der Waals surface area contributed by atoms with Crippen molar-refractivity contribution in [2.45, 2.75) is 19.9 Å². The molecule has 0 atom stereocenters.